The van der Waals surface area contributed by atoms with Crippen molar-refractivity contribution in [1.29, 1.82) is 0 Å². The fraction of sp³-hybridized carbons (Fsp3) is 0.250. The summed E-state index contributed by atoms with van der Waals surface area (Å²) in [5.74, 6) is 1.80. The van der Waals surface area contributed by atoms with Crippen LogP contribution in [0.4, 0.5) is 0 Å². The molecule has 1 N–H and O–H groups in total. The van der Waals surface area contributed by atoms with Crippen molar-refractivity contribution in [2.24, 2.45) is 5.92 Å². The van der Waals surface area contributed by atoms with E-state index in [9.17, 15) is 9.90 Å². The number of aromatic nitrogens is 1. The van der Waals surface area contributed by atoms with Crippen LogP contribution in [0.3, 0.4) is 0 Å². The fourth-order valence-electron chi connectivity index (χ4n) is 5.25. The Hall–Kier alpha value is -4.75. The molecule has 7 heteroatoms. The van der Waals surface area contributed by atoms with Crippen LogP contribution in [0.2, 0.25) is 0 Å². The number of ether oxygens (including phenoxy) is 4. The van der Waals surface area contributed by atoms with Crippen LogP contribution in [0.25, 0.3) is 22.0 Å². The summed E-state index contributed by atoms with van der Waals surface area (Å²) in [6.45, 7) is 2.40. The predicted molar refractivity (Wildman–Crippen MR) is 166 cm³/mol. The summed E-state index contributed by atoms with van der Waals surface area (Å²) >= 11 is 0. The Kier molecular flexibility index (Phi) is 8.61. The lowest BCUT2D eigenvalue weighted by Gasteiger charge is -2.11. The molecule has 7 nitrogen and oxygen atoms in total. The second-order valence-electron chi connectivity index (χ2n) is 10.8. The van der Waals surface area contributed by atoms with Crippen molar-refractivity contribution >= 4 is 16.9 Å². The number of aromatic carboxylic acids is 1. The molecule has 0 radical (unpaired) electrons. The van der Waals surface area contributed by atoms with E-state index in [1.165, 1.54) is 12.8 Å². The first-order chi connectivity index (χ1) is 21.1. The van der Waals surface area contributed by atoms with Gasteiger partial charge in [-0.15, -0.1) is 0 Å². The highest BCUT2D eigenvalue weighted by atomic mass is 16.5. The molecular weight excluding hydrogens is 542 g/mol. The molecule has 0 saturated heterocycles. The maximum atomic E-state index is 12.9. The predicted octanol–water partition coefficient (Wildman–Crippen LogP) is 7.45. The number of hydrogen-bond acceptors (Lipinski definition) is 5. The van der Waals surface area contributed by atoms with Crippen molar-refractivity contribution in [3.8, 4) is 28.4 Å². The van der Waals surface area contributed by atoms with E-state index in [1.54, 1.807) is 7.11 Å². The van der Waals surface area contributed by atoms with E-state index in [2.05, 4.69) is 0 Å². The Morgan fingerprint density at radius 1 is 0.814 bits per heavy atom. The molecule has 1 aliphatic rings. The van der Waals surface area contributed by atoms with Crippen LogP contribution in [0.5, 0.6) is 17.2 Å². The van der Waals surface area contributed by atoms with E-state index < -0.39 is 5.97 Å². The number of hydrogen-bond donors (Lipinski definition) is 1. The molecule has 1 saturated carbocycles. The Morgan fingerprint density at radius 3 is 2.33 bits per heavy atom. The summed E-state index contributed by atoms with van der Waals surface area (Å²) in [7, 11) is 1.62. The van der Waals surface area contributed by atoms with Gasteiger partial charge in [-0.2, -0.15) is 0 Å². The second kappa shape index (κ2) is 13.0. The monoisotopic (exact) mass is 577 g/mol. The lowest BCUT2D eigenvalue weighted by molar-refractivity contribution is 0.0687. The zero-order chi connectivity index (χ0) is 29.6. The van der Waals surface area contributed by atoms with Gasteiger partial charge in [0.15, 0.2) is 0 Å². The summed E-state index contributed by atoms with van der Waals surface area (Å²) in [6.07, 6.45) is 2.44. The highest BCUT2D eigenvalue weighted by Crippen LogP contribution is 2.39. The van der Waals surface area contributed by atoms with E-state index in [4.69, 9.17) is 18.9 Å². The summed E-state index contributed by atoms with van der Waals surface area (Å²) in [4.78, 5) is 12.9. The zero-order valence-electron chi connectivity index (χ0n) is 24.2. The minimum atomic E-state index is -1.00. The van der Waals surface area contributed by atoms with Gasteiger partial charge in [-0.1, -0.05) is 54.6 Å². The number of carboxylic acid groups (broad SMARTS) is 1. The first-order valence-corrected chi connectivity index (χ1v) is 14.6. The van der Waals surface area contributed by atoms with Gasteiger partial charge in [0.25, 0.3) is 0 Å². The average Bonchev–Trinajstić information content (AvgIpc) is 3.82. The lowest BCUT2D eigenvalue weighted by Crippen LogP contribution is -2.10. The highest BCUT2D eigenvalue weighted by Gasteiger charge is 2.25. The van der Waals surface area contributed by atoms with Crippen LogP contribution in [0.1, 0.15) is 34.5 Å². The third kappa shape index (κ3) is 6.84. The molecule has 220 valence electrons. The quantitative estimate of drug-likeness (QED) is 0.138. The third-order valence-electron chi connectivity index (χ3n) is 7.65. The largest absolute Gasteiger partial charge is 0.497 e. The summed E-state index contributed by atoms with van der Waals surface area (Å²) in [5.41, 5.74) is 4.50. The van der Waals surface area contributed by atoms with E-state index in [0.717, 1.165) is 45.7 Å². The molecular formula is C36H35NO6. The molecule has 1 fully saturated rings. The molecule has 1 aliphatic carbocycles. The van der Waals surface area contributed by atoms with Gasteiger partial charge in [0, 0.05) is 23.0 Å². The molecule has 5 aromatic rings. The number of benzene rings is 4. The van der Waals surface area contributed by atoms with Gasteiger partial charge >= 0.3 is 5.97 Å². The van der Waals surface area contributed by atoms with Crippen LogP contribution >= 0.6 is 0 Å². The third-order valence-corrected chi connectivity index (χ3v) is 7.65. The zero-order valence-corrected chi connectivity index (χ0v) is 24.2. The maximum Gasteiger partial charge on any atom is 0.353 e. The molecule has 4 aromatic carbocycles. The standard InChI is InChI=1S/C36H35NO6/c1-40-30-9-5-8-27(20-30)22-37-33-17-16-31(42-19-18-41-23-25-6-3-2-4-7-25)21-32(33)34(35(37)36(38)39)28-12-14-29(15-13-28)43-24-26-10-11-26/h2-9,12-17,20-21,26H,10-11,18-19,22-24H2,1H3,(H,38,39). The van der Waals surface area contributed by atoms with E-state index >= 15 is 0 Å². The summed E-state index contributed by atoms with van der Waals surface area (Å²) < 4.78 is 25.0. The van der Waals surface area contributed by atoms with E-state index in [-0.39, 0.29) is 5.69 Å². The van der Waals surface area contributed by atoms with Gasteiger partial charge in [-0.3, -0.25) is 0 Å². The molecule has 1 heterocycles. The molecule has 0 aliphatic heterocycles. The molecule has 0 atom stereocenters. The van der Waals surface area contributed by atoms with Crippen LogP contribution in [0, 0.1) is 5.92 Å². The Balaban J connectivity index is 1.31. The number of nitrogens with zero attached hydrogens (tertiary/aromatic N) is 1. The van der Waals surface area contributed by atoms with E-state index in [0.29, 0.717) is 43.6 Å². The minimum Gasteiger partial charge on any atom is -0.497 e. The molecule has 0 amide bonds. The molecule has 43 heavy (non-hydrogen) atoms. The van der Waals surface area contributed by atoms with Crippen LogP contribution < -0.4 is 14.2 Å². The maximum absolute atomic E-state index is 12.9. The van der Waals surface area contributed by atoms with Crippen molar-refractivity contribution in [2.75, 3.05) is 26.9 Å². The van der Waals surface area contributed by atoms with Crippen LogP contribution in [0.15, 0.2) is 97.1 Å². The Morgan fingerprint density at radius 2 is 1.58 bits per heavy atom. The van der Waals surface area contributed by atoms with Crippen LogP contribution in [-0.4, -0.2) is 42.6 Å². The van der Waals surface area contributed by atoms with Gasteiger partial charge in [-0.25, -0.2) is 4.79 Å². The van der Waals surface area contributed by atoms with Crippen molar-refractivity contribution in [3.05, 3.63) is 114 Å². The molecule has 6 rings (SSSR count). The van der Waals surface area contributed by atoms with Gasteiger partial charge in [-0.05, 0) is 77.9 Å². The average molecular weight is 578 g/mol. The SMILES string of the molecule is COc1cccc(Cn2c(C(=O)O)c(-c3ccc(OCC4CC4)cc3)c3cc(OCCOCc4ccccc4)ccc32)c1. The van der Waals surface area contributed by atoms with Gasteiger partial charge in [0.1, 0.15) is 29.5 Å². The topological polar surface area (TPSA) is 79.2 Å². The first-order valence-electron chi connectivity index (χ1n) is 14.6. The van der Waals surface area contributed by atoms with Crippen molar-refractivity contribution < 1.29 is 28.8 Å². The Bertz CT molecular complexity index is 1690. The minimum absolute atomic E-state index is 0.216. The number of rotatable bonds is 14. The Labute approximate surface area is 251 Å². The fourth-order valence-corrected chi connectivity index (χ4v) is 5.25. The smallest absolute Gasteiger partial charge is 0.353 e. The van der Waals surface area contributed by atoms with Gasteiger partial charge in [0.2, 0.25) is 0 Å². The molecule has 0 spiro atoms. The molecule has 0 bridgehead atoms. The van der Waals surface area contributed by atoms with Gasteiger partial charge in [0.05, 0.1) is 26.9 Å². The summed E-state index contributed by atoms with van der Waals surface area (Å²) in [5, 5.41) is 11.3. The first kappa shape index (κ1) is 28.4. The van der Waals surface area contributed by atoms with E-state index in [1.807, 2.05) is 102 Å². The van der Waals surface area contributed by atoms with Crippen molar-refractivity contribution in [3.63, 3.8) is 0 Å². The van der Waals surface area contributed by atoms with Crippen LogP contribution in [-0.2, 0) is 17.9 Å². The van der Waals surface area contributed by atoms with Gasteiger partial charge < -0.3 is 28.6 Å². The number of methoxy groups -OCH3 is 1. The highest BCUT2D eigenvalue weighted by molar-refractivity contribution is 6.08. The van der Waals surface area contributed by atoms with Crippen molar-refractivity contribution in [1.82, 2.24) is 4.57 Å². The second-order valence-corrected chi connectivity index (χ2v) is 10.8. The molecule has 1 aromatic heterocycles. The molecule has 0 unspecified atom stereocenters. The van der Waals surface area contributed by atoms with Crippen molar-refractivity contribution in [2.45, 2.75) is 26.0 Å². The normalized spacial score (nSPS) is 12.8. The number of carboxylic acids is 1. The summed E-state index contributed by atoms with van der Waals surface area (Å²) in [6, 6.07) is 31.1. The lowest BCUT2D eigenvalue weighted by atomic mass is 10.0. The number of carbonyl (C=O) groups is 1. The number of fused-ring (bicyclic) bond motifs is 1.